The summed E-state index contributed by atoms with van der Waals surface area (Å²) in [4.78, 5) is 14.7. The lowest BCUT2D eigenvalue weighted by molar-refractivity contribution is 1.31. The van der Waals surface area contributed by atoms with Crippen molar-refractivity contribution in [2.45, 2.75) is 0 Å². The van der Waals surface area contributed by atoms with Gasteiger partial charge in [0.05, 0.1) is 22.4 Å². The van der Waals surface area contributed by atoms with Gasteiger partial charge in [-0.2, -0.15) is 0 Å². The second kappa shape index (κ2) is 9.38. The first-order valence-electron chi connectivity index (χ1n) is 12.7. The minimum Gasteiger partial charge on any atom is -0.265 e. The van der Waals surface area contributed by atoms with Crippen LogP contribution >= 0.6 is 0 Å². The van der Waals surface area contributed by atoms with Crippen LogP contribution in [-0.2, 0) is 0 Å². The first-order valence-corrected chi connectivity index (χ1v) is 12.7. The van der Waals surface area contributed by atoms with E-state index in [-0.39, 0.29) is 0 Å². The Hall–Kier alpha value is -5.15. The van der Waals surface area contributed by atoms with Crippen molar-refractivity contribution in [3.63, 3.8) is 0 Å². The van der Waals surface area contributed by atoms with Gasteiger partial charge in [-0.25, -0.2) is 9.97 Å². The fourth-order valence-corrected chi connectivity index (χ4v) is 5.12. The highest BCUT2D eigenvalue weighted by Gasteiger charge is 2.17. The van der Waals surface area contributed by atoms with Gasteiger partial charge in [-0.1, -0.05) is 103 Å². The molecule has 38 heavy (non-hydrogen) atoms. The average molecular weight is 486 g/mol. The highest BCUT2D eigenvalue weighted by atomic mass is 14.8. The summed E-state index contributed by atoms with van der Waals surface area (Å²) in [6, 6.07) is 44.2. The van der Waals surface area contributed by atoms with Crippen LogP contribution in [0.15, 0.2) is 140 Å². The summed E-state index contributed by atoms with van der Waals surface area (Å²) < 4.78 is 0. The highest BCUT2D eigenvalue weighted by Crippen LogP contribution is 2.39. The lowest BCUT2D eigenvalue weighted by atomic mass is 9.94. The first-order chi connectivity index (χ1) is 18.8. The molecule has 0 aliphatic carbocycles. The summed E-state index contributed by atoms with van der Waals surface area (Å²) in [5, 5.41) is 2.17. The fourth-order valence-electron chi connectivity index (χ4n) is 5.12. The standard InChI is InChI=1S/C35H23N3/c1-4-10-24(11-5-1)30-22-32(26-14-8-3-9-15-26)37-34-28(30)16-17-29-31(25-12-6-2-7-13-25)23-33(38-35(29)34)27-18-20-36-21-19-27/h1-23H. The summed E-state index contributed by atoms with van der Waals surface area (Å²) in [6.07, 6.45) is 3.62. The molecule has 0 saturated carbocycles. The van der Waals surface area contributed by atoms with E-state index >= 15 is 0 Å². The maximum Gasteiger partial charge on any atom is 0.0978 e. The van der Waals surface area contributed by atoms with E-state index in [1.54, 1.807) is 0 Å². The van der Waals surface area contributed by atoms with E-state index in [4.69, 9.17) is 9.97 Å². The number of hydrogen-bond donors (Lipinski definition) is 0. The van der Waals surface area contributed by atoms with E-state index in [1.807, 2.05) is 36.7 Å². The molecule has 0 unspecified atom stereocenters. The van der Waals surface area contributed by atoms with E-state index < -0.39 is 0 Å². The summed E-state index contributed by atoms with van der Waals surface area (Å²) in [7, 11) is 0. The topological polar surface area (TPSA) is 38.7 Å². The van der Waals surface area contributed by atoms with E-state index in [0.29, 0.717) is 0 Å². The van der Waals surface area contributed by atoms with Gasteiger partial charge in [0.1, 0.15) is 0 Å². The molecule has 0 amide bonds. The van der Waals surface area contributed by atoms with Gasteiger partial charge in [-0.3, -0.25) is 4.98 Å². The number of rotatable bonds is 4. The third-order valence-corrected chi connectivity index (χ3v) is 6.97. The van der Waals surface area contributed by atoms with Gasteiger partial charge in [0.2, 0.25) is 0 Å². The van der Waals surface area contributed by atoms with E-state index in [9.17, 15) is 0 Å². The van der Waals surface area contributed by atoms with Gasteiger partial charge < -0.3 is 0 Å². The average Bonchev–Trinajstić information content (AvgIpc) is 3.01. The molecule has 7 rings (SSSR count). The highest BCUT2D eigenvalue weighted by molar-refractivity contribution is 6.13. The van der Waals surface area contributed by atoms with Gasteiger partial charge in [-0.05, 0) is 46.5 Å². The van der Waals surface area contributed by atoms with Crippen LogP contribution in [0.3, 0.4) is 0 Å². The maximum absolute atomic E-state index is 5.25. The predicted octanol–water partition coefficient (Wildman–Crippen LogP) is 8.85. The van der Waals surface area contributed by atoms with Crippen molar-refractivity contribution < 1.29 is 0 Å². The molecule has 0 aliphatic rings. The van der Waals surface area contributed by atoms with Crippen LogP contribution < -0.4 is 0 Å². The zero-order valence-corrected chi connectivity index (χ0v) is 20.6. The van der Waals surface area contributed by atoms with Crippen molar-refractivity contribution in [2.75, 3.05) is 0 Å². The zero-order valence-electron chi connectivity index (χ0n) is 20.6. The van der Waals surface area contributed by atoms with E-state index in [1.165, 1.54) is 0 Å². The van der Waals surface area contributed by atoms with Gasteiger partial charge in [-0.15, -0.1) is 0 Å². The van der Waals surface area contributed by atoms with Gasteiger partial charge in [0.15, 0.2) is 0 Å². The Balaban J connectivity index is 1.62. The summed E-state index contributed by atoms with van der Waals surface area (Å²) in [6.45, 7) is 0. The van der Waals surface area contributed by atoms with Crippen LogP contribution in [0.25, 0.3) is 66.6 Å². The number of hydrogen-bond acceptors (Lipinski definition) is 3. The van der Waals surface area contributed by atoms with Crippen molar-refractivity contribution in [1.82, 2.24) is 15.0 Å². The predicted molar refractivity (Wildman–Crippen MR) is 157 cm³/mol. The molecule has 0 bridgehead atoms. The number of aromatic nitrogens is 3. The lowest BCUT2D eigenvalue weighted by Crippen LogP contribution is -1.95. The Labute approximate surface area is 221 Å². The molecule has 0 fully saturated rings. The molecule has 7 aromatic rings. The Morgan fingerprint density at radius 3 is 1.21 bits per heavy atom. The molecular weight excluding hydrogens is 462 g/mol. The molecule has 3 aromatic heterocycles. The van der Waals surface area contributed by atoms with Crippen molar-refractivity contribution in [3.8, 4) is 44.8 Å². The fraction of sp³-hybridized carbons (Fsp3) is 0. The minimum absolute atomic E-state index is 0.894. The normalized spacial score (nSPS) is 11.2. The molecule has 0 spiro atoms. The third-order valence-electron chi connectivity index (χ3n) is 6.97. The maximum atomic E-state index is 5.25. The molecule has 0 aliphatic heterocycles. The van der Waals surface area contributed by atoms with Gasteiger partial charge in [0.25, 0.3) is 0 Å². The lowest BCUT2D eigenvalue weighted by Gasteiger charge is -2.15. The van der Waals surface area contributed by atoms with E-state index in [2.05, 4.69) is 108 Å². The number of pyridine rings is 3. The molecule has 0 atom stereocenters. The van der Waals surface area contributed by atoms with Crippen LogP contribution in [0.1, 0.15) is 0 Å². The summed E-state index contributed by atoms with van der Waals surface area (Å²) >= 11 is 0. The number of benzene rings is 4. The Morgan fingerprint density at radius 2 is 0.763 bits per heavy atom. The molecule has 4 aromatic carbocycles. The minimum atomic E-state index is 0.894. The SMILES string of the molecule is c1ccc(-c2cc(-c3ccccc3)c3ccc4c(-c5ccccc5)cc(-c5ccncc5)nc4c3n2)cc1. The smallest absolute Gasteiger partial charge is 0.0978 e. The van der Waals surface area contributed by atoms with Crippen molar-refractivity contribution >= 4 is 21.8 Å². The zero-order chi connectivity index (χ0) is 25.3. The molecule has 0 N–H and O–H groups in total. The largest absolute Gasteiger partial charge is 0.265 e. The van der Waals surface area contributed by atoms with Crippen molar-refractivity contribution in [1.29, 1.82) is 0 Å². The third kappa shape index (κ3) is 3.91. The monoisotopic (exact) mass is 485 g/mol. The Kier molecular flexibility index (Phi) is 5.45. The number of fused-ring (bicyclic) bond motifs is 3. The van der Waals surface area contributed by atoms with E-state index in [0.717, 1.165) is 66.6 Å². The Bertz CT molecular complexity index is 1740. The molecule has 0 saturated heterocycles. The molecule has 0 radical (unpaired) electrons. The van der Waals surface area contributed by atoms with Crippen LogP contribution in [0.4, 0.5) is 0 Å². The number of nitrogens with zero attached hydrogens (tertiary/aromatic N) is 3. The second-order valence-corrected chi connectivity index (χ2v) is 9.30. The van der Waals surface area contributed by atoms with Crippen LogP contribution in [0, 0.1) is 0 Å². The Morgan fingerprint density at radius 1 is 0.368 bits per heavy atom. The van der Waals surface area contributed by atoms with Crippen molar-refractivity contribution in [3.05, 3.63) is 140 Å². The summed E-state index contributed by atoms with van der Waals surface area (Å²) in [5.74, 6) is 0. The molecule has 3 nitrogen and oxygen atoms in total. The van der Waals surface area contributed by atoms with Gasteiger partial charge >= 0.3 is 0 Å². The van der Waals surface area contributed by atoms with Crippen LogP contribution in [0.5, 0.6) is 0 Å². The van der Waals surface area contributed by atoms with Crippen molar-refractivity contribution in [2.24, 2.45) is 0 Å². The van der Waals surface area contributed by atoms with Crippen LogP contribution in [0.2, 0.25) is 0 Å². The molecular formula is C35H23N3. The summed E-state index contributed by atoms with van der Waals surface area (Å²) in [5.41, 5.74) is 10.3. The molecule has 3 heterocycles. The first kappa shape index (κ1) is 22.1. The molecule has 178 valence electrons. The van der Waals surface area contributed by atoms with Crippen LogP contribution in [-0.4, -0.2) is 15.0 Å². The second-order valence-electron chi connectivity index (χ2n) is 9.30. The molecule has 3 heteroatoms. The van der Waals surface area contributed by atoms with Gasteiger partial charge in [0, 0.05) is 34.3 Å². The quantitative estimate of drug-likeness (QED) is 0.234.